The molecule has 0 saturated carbocycles. The van der Waals surface area contributed by atoms with Crippen LogP contribution in [0, 0.1) is 5.82 Å². The van der Waals surface area contributed by atoms with Crippen LogP contribution in [0.5, 0.6) is 0 Å². The molecule has 2 rings (SSSR count). The van der Waals surface area contributed by atoms with Gasteiger partial charge in [0, 0.05) is 13.1 Å². The van der Waals surface area contributed by atoms with Gasteiger partial charge in [0.15, 0.2) is 0 Å². The molecule has 1 unspecified atom stereocenters. The molecular formula is C13H17FN2O2. The number of rotatable bonds is 2. The van der Waals surface area contributed by atoms with Gasteiger partial charge in [0.25, 0.3) is 0 Å². The van der Waals surface area contributed by atoms with Crippen molar-refractivity contribution in [2.45, 2.75) is 13.0 Å². The van der Waals surface area contributed by atoms with Crippen LogP contribution >= 0.6 is 0 Å². The number of urea groups is 1. The summed E-state index contributed by atoms with van der Waals surface area (Å²) in [5.41, 5.74) is 0.761. The first kappa shape index (κ1) is 12.8. The summed E-state index contributed by atoms with van der Waals surface area (Å²) < 4.78 is 18.3. The number of carbonyl (C=O) groups is 1. The van der Waals surface area contributed by atoms with Crippen LogP contribution in [0.25, 0.3) is 0 Å². The van der Waals surface area contributed by atoms with E-state index in [0.717, 1.165) is 5.56 Å². The molecule has 0 spiro atoms. The molecule has 2 amide bonds. The number of hydrogen-bond donors (Lipinski definition) is 1. The maximum Gasteiger partial charge on any atom is 0.318 e. The summed E-state index contributed by atoms with van der Waals surface area (Å²) in [7, 11) is 0. The van der Waals surface area contributed by atoms with Crippen molar-refractivity contribution in [2.75, 3.05) is 26.3 Å². The van der Waals surface area contributed by atoms with E-state index in [9.17, 15) is 9.18 Å². The second-order valence-corrected chi connectivity index (χ2v) is 4.33. The highest BCUT2D eigenvalue weighted by Gasteiger charge is 2.18. The third-order valence-electron chi connectivity index (χ3n) is 2.99. The summed E-state index contributed by atoms with van der Waals surface area (Å²) in [5, 5.41) is 2.86. The Labute approximate surface area is 106 Å². The molecule has 1 N–H and O–H groups in total. The van der Waals surface area contributed by atoms with Crippen LogP contribution in [0.4, 0.5) is 9.18 Å². The van der Waals surface area contributed by atoms with Crippen LogP contribution in [0.1, 0.15) is 18.5 Å². The lowest BCUT2D eigenvalue weighted by atomic mass is 10.1. The van der Waals surface area contributed by atoms with E-state index in [1.54, 1.807) is 17.0 Å². The first-order chi connectivity index (χ1) is 8.66. The SMILES string of the molecule is CC(NC(=O)N1CCOCC1)c1cccc(F)c1. The molecule has 1 atom stereocenters. The molecular weight excluding hydrogens is 235 g/mol. The van der Waals surface area contributed by atoms with E-state index in [4.69, 9.17) is 4.74 Å². The Hall–Kier alpha value is -1.62. The summed E-state index contributed by atoms with van der Waals surface area (Å²) in [4.78, 5) is 13.6. The number of ether oxygens (including phenoxy) is 1. The predicted molar refractivity (Wildman–Crippen MR) is 65.7 cm³/mol. The average molecular weight is 252 g/mol. The summed E-state index contributed by atoms with van der Waals surface area (Å²) in [5.74, 6) is -0.292. The van der Waals surface area contributed by atoms with Crippen molar-refractivity contribution in [1.29, 1.82) is 0 Å². The predicted octanol–water partition coefficient (Wildman–Crippen LogP) is 1.93. The van der Waals surface area contributed by atoms with E-state index in [2.05, 4.69) is 5.32 Å². The van der Waals surface area contributed by atoms with Gasteiger partial charge < -0.3 is 15.0 Å². The van der Waals surface area contributed by atoms with Gasteiger partial charge in [-0.2, -0.15) is 0 Å². The number of halogens is 1. The van der Waals surface area contributed by atoms with Crippen LogP contribution in [-0.4, -0.2) is 37.2 Å². The molecule has 4 nitrogen and oxygen atoms in total. The molecule has 98 valence electrons. The molecule has 1 aromatic carbocycles. The average Bonchev–Trinajstić information content (AvgIpc) is 2.39. The minimum absolute atomic E-state index is 0.130. The lowest BCUT2D eigenvalue weighted by Gasteiger charge is -2.28. The van der Waals surface area contributed by atoms with E-state index in [-0.39, 0.29) is 17.9 Å². The van der Waals surface area contributed by atoms with Gasteiger partial charge in [-0.1, -0.05) is 12.1 Å². The first-order valence-corrected chi connectivity index (χ1v) is 6.05. The number of carbonyl (C=O) groups excluding carboxylic acids is 1. The lowest BCUT2D eigenvalue weighted by Crippen LogP contribution is -2.46. The van der Waals surface area contributed by atoms with Gasteiger partial charge in [0.2, 0.25) is 0 Å². The molecule has 18 heavy (non-hydrogen) atoms. The fourth-order valence-corrected chi connectivity index (χ4v) is 1.90. The Kier molecular flexibility index (Phi) is 4.15. The van der Waals surface area contributed by atoms with Crippen LogP contribution in [0.2, 0.25) is 0 Å². The molecule has 1 aliphatic heterocycles. The molecule has 0 bridgehead atoms. The number of nitrogens with zero attached hydrogens (tertiary/aromatic N) is 1. The highest BCUT2D eigenvalue weighted by atomic mass is 19.1. The molecule has 1 saturated heterocycles. The number of amides is 2. The van der Waals surface area contributed by atoms with Gasteiger partial charge in [-0.05, 0) is 24.6 Å². The summed E-state index contributed by atoms with van der Waals surface area (Å²) in [6.45, 7) is 4.18. The third-order valence-corrected chi connectivity index (χ3v) is 2.99. The number of benzene rings is 1. The largest absolute Gasteiger partial charge is 0.378 e. The highest BCUT2D eigenvalue weighted by molar-refractivity contribution is 5.74. The molecule has 0 aliphatic carbocycles. The first-order valence-electron chi connectivity index (χ1n) is 6.05. The zero-order chi connectivity index (χ0) is 13.0. The molecule has 0 aromatic heterocycles. The number of hydrogen-bond acceptors (Lipinski definition) is 2. The highest BCUT2D eigenvalue weighted by Crippen LogP contribution is 2.14. The third kappa shape index (κ3) is 3.20. The fraction of sp³-hybridized carbons (Fsp3) is 0.462. The maximum absolute atomic E-state index is 13.1. The van der Waals surface area contributed by atoms with Crippen LogP contribution in [-0.2, 0) is 4.74 Å². The van der Waals surface area contributed by atoms with Crippen molar-refractivity contribution in [2.24, 2.45) is 0 Å². The van der Waals surface area contributed by atoms with Gasteiger partial charge in [0.1, 0.15) is 5.82 Å². The van der Waals surface area contributed by atoms with Gasteiger partial charge in [-0.25, -0.2) is 9.18 Å². The Morgan fingerprint density at radius 1 is 1.44 bits per heavy atom. The Bertz CT molecular complexity index is 419. The van der Waals surface area contributed by atoms with Gasteiger partial charge in [-0.15, -0.1) is 0 Å². The van der Waals surface area contributed by atoms with Crippen molar-refractivity contribution in [3.63, 3.8) is 0 Å². The quantitative estimate of drug-likeness (QED) is 0.873. The zero-order valence-corrected chi connectivity index (χ0v) is 10.4. The molecule has 1 aromatic rings. The summed E-state index contributed by atoms with van der Waals surface area (Å²) >= 11 is 0. The standard InChI is InChI=1S/C13H17FN2O2/c1-10(11-3-2-4-12(14)9-11)15-13(17)16-5-7-18-8-6-16/h2-4,9-10H,5-8H2,1H3,(H,15,17). The van der Waals surface area contributed by atoms with Gasteiger partial charge >= 0.3 is 6.03 Å². The minimum atomic E-state index is -0.292. The van der Waals surface area contributed by atoms with E-state index in [0.29, 0.717) is 26.3 Å². The molecule has 1 fully saturated rings. The smallest absolute Gasteiger partial charge is 0.318 e. The monoisotopic (exact) mass is 252 g/mol. The van der Waals surface area contributed by atoms with E-state index in [1.807, 2.05) is 6.92 Å². The van der Waals surface area contributed by atoms with Crippen molar-refractivity contribution in [1.82, 2.24) is 10.2 Å². The van der Waals surface area contributed by atoms with Crippen LogP contribution in [0.3, 0.4) is 0 Å². The van der Waals surface area contributed by atoms with E-state index in [1.165, 1.54) is 12.1 Å². The topological polar surface area (TPSA) is 41.6 Å². The van der Waals surface area contributed by atoms with Crippen LogP contribution in [0.15, 0.2) is 24.3 Å². The second-order valence-electron chi connectivity index (χ2n) is 4.33. The van der Waals surface area contributed by atoms with Crippen molar-refractivity contribution in [3.05, 3.63) is 35.6 Å². The Morgan fingerprint density at radius 3 is 2.83 bits per heavy atom. The fourth-order valence-electron chi connectivity index (χ4n) is 1.90. The summed E-state index contributed by atoms with van der Waals surface area (Å²) in [6, 6.07) is 5.92. The van der Waals surface area contributed by atoms with Crippen molar-refractivity contribution < 1.29 is 13.9 Å². The Balaban J connectivity index is 1.94. The normalized spacial score (nSPS) is 17.3. The summed E-state index contributed by atoms with van der Waals surface area (Å²) in [6.07, 6.45) is 0. The van der Waals surface area contributed by atoms with E-state index < -0.39 is 0 Å². The molecule has 0 radical (unpaired) electrons. The van der Waals surface area contributed by atoms with E-state index >= 15 is 0 Å². The minimum Gasteiger partial charge on any atom is -0.378 e. The van der Waals surface area contributed by atoms with Crippen molar-refractivity contribution in [3.8, 4) is 0 Å². The number of morpholine rings is 1. The molecule has 1 heterocycles. The maximum atomic E-state index is 13.1. The second kappa shape index (κ2) is 5.82. The lowest BCUT2D eigenvalue weighted by molar-refractivity contribution is 0.0526. The van der Waals surface area contributed by atoms with Gasteiger partial charge in [0.05, 0.1) is 19.3 Å². The molecule has 5 heteroatoms. The van der Waals surface area contributed by atoms with Crippen molar-refractivity contribution >= 4 is 6.03 Å². The van der Waals surface area contributed by atoms with Gasteiger partial charge in [-0.3, -0.25) is 0 Å². The zero-order valence-electron chi connectivity index (χ0n) is 10.4. The Morgan fingerprint density at radius 2 is 2.17 bits per heavy atom. The molecule has 1 aliphatic rings. The van der Waals surface area contributed by atoms with Crippen LogP contribution < -0.4 is 5.32 Å². The number of nitrogens with one attached hydrogen (secondary N) is 1.